The van der Waals surface area contributed by atoms with Crippen LogP contribution in [0.3, 0.4) is 0 Å². The van der Waals surface area contributed by atoms with Crippen molar-refractivity contribution in [1.82, 2.24) is 15.5 Å². The van der Waals surface area contributed by atoms with E-state index in [4.69, 9.17) is 0 Å². The van der Waals surface area contributed by atoms with Gasteiger partial charge in [0.15, 0.2) is 5.96 Å². The first-order valence-corrected chi connectivity index (χ1v) is 8.30. The molecule has 128 valence electrons. The lowest BCUT2D eigenvalue weighted by Crippen LogP contribution is -2.44. The van der Waals surface area contributed by atoms with Crippen LogP contribution in [0.5, 0.6) is 0 Å². The minimum absolute atomic E-state index is 0. The van der Waals surface area contributed by atoms with Crippen LogP contribution in [0.4, 0.5) is 0 Å². The second kappa shape index (κ2) is 8.93. The van der Waals surface area contributed by atoms with Gasteiger partial charge in [0.2, 0.25) is 5.91 Å². The minimum atomic E-state index is 0. The van der Waals surface area contributed by atoms with Gasteiger partial charge in [-0.3, -0.25) is 9.79 Å². The zero-order chi connectivity index (χ0) is 15.3. The molecule has 1 saturated carbocycles. The molecule has 0 bridgehead atoms. The summed E-state index contributed by atoms with van der Waals surface area (Å²) in [7, 11) is 1.84. The van der Waals surface area contributed by atoms with Crippen LogP contribution in [0, 0.1) is 11.3 Å². The van der Waals surface area contributed by atoms with Crippen molar-refractivity contribution < 1.29 is 4.79 Å². The van der Waals surface area contributed by atoms with Crippen molar-refractivity contribution in [3.05, 3.63) is 0 Å². The second-order valence-corrected chi connectivity index (χ2v) is 6.80. The molecule has 0 aromatic heterocycles. The fourth-order valence-electron chi connectivity index (χ4n) is 3.55. The highest BCUT2D eigenvalue weighted by Crippen LogP contribution is 2.45. The number of hydrogen-bond acceptors (Lipinski definition) is 2. The van der Waals surface area contributed by atoms with E-state index in [2.05, 4.69) is 20.5 Å². The summed E-state index contributed by atoms with van der Waals surface area (Å²) in [5.41, 5.74) is 0.559. The first-order chi connectivity index (χ1) is 10.1. The molecule has 0 aromatic carbocycles. The molecule has 0 radical (unpaired) electrons. The number of amides is 1. The summed E-state index contributed by atoms with van der Waals surface area (Å²) in [6.07, 6.45) is 6.84. The van der Waals surface area contributed by atoms with Gasteiger partial charge in [0, 0.05) is 39.1 Å². The Kier molecular flexibility index (Phi) is 7.93. The molecule has 6 heteroatoms. The number of rotatable bonds is 4. The molecule has 2 rings (SSSR count). The number of carbonyl (C=O) groups is 1. The molecule has 0 unspecified atom stereocenters. The average molecular weight is 422 g/mol. The van der Waals surface area contributed by atoms with E-state index in [9.17, 15) is 4.79 Å². The van der Waals surface area contributed by atoms with Crippen molar-refractivity contribution in [1.29, 1.82) is 0 Å². The quantitative estimate of drug-likeness (QED) is 0.316. The molecular formula is C16H31IN4O. The topological polar surface area (TPSA) is 56.7 Å². The molecule has 22 heavy (non-hydrogen) atoms. The van der Waals surface area contributed by atoms with E-state index in [1.165, 1.54) is 32.1 Å². The van der Waals surface area contributed by atoms with Crippen molar-refractivity contribution >= 4 is 35.8 Å². The highest BCUT2D eigenvalue weighted by atomic mass is 127. The van der Waals surface area contributed by atoms with Gasteiger partial charge in [-0.1, -0.05) is 26.7 Å². The van der Waals surface area contributed by atoms with Gasteiger partial charge < -0.3 is 15.5 Å². The van der Waals surface area contributed by atoms with Gasteiger partial charge in [-0.2, -0.15) is 0 Å². The first-order valence-electron chi connectivity index (χ1n) is 8.30. The van der Waals surface area contributed by atoms with E-state index in [1.54, 1.807) is 0 Å². The molecule has 1 saturated heterocycles. The zero-order valence-electron chi connectivity index (χ0n) is 14.2. The largest absolute Gasteiger partial charge is 0.354 e. The molecule has 2 N–H and O–H groups in total. The van der Waals surface area contributed by atoms with E-state index in [0.29, 0.717) is 12.0 Å². The van der Waals surface area contributed by atoms with Crippen LogP contribution < -0.4 is 10.6 Å². The monoisotopic (exact) mass is 422 g/mol. The smallest absolute Gasteiger partial charge is 0.222 e. The second-order valence-electron chi connectivity index (χ2n) is 6.80. The summed E-state index contributed by atoms with van der Waals surface area (Å²) in [6, 6.07) is 0. The summed E-state index contributed by atoms with van der Waals surface area (Å²) in [6.45, 7) is 7.45. The van der Waals surface area contributed by atoms with Crippen LogP contribution in [0.25, 0.3) is 0 Å². The van der Waals surface area contributed by atoms with Crippen molar-refractivity contribution in [3.63, 3.8) is 0 Å². The van der Waals surface area contributed by atoms with Gasteiger partial charge in [0.1, 0.15) is 0 Å². The molecule has 1 spiro atoms. The Morgan fingerprint density at radius 2 is 1.82 bits per heavy atom. The van der Waals surface area contributed by atoms with E-state index in [0.717, 1.165) is 25.6 Å². The Morgan fingerprint density at radius 3 is 2.41 bits per heavy atom. The fraction of sp³-hybridized carbons (Fsp3) is 0.875. The van der Waals surface area contributed by atoms with Crippen molar-refractivity contribution in [3.8, 4) is 0 Å². The molecule has 2 fully saturated rings. The lowest BCUT2D eigenvalue weighted by atomic mass is 9.86. The molecule has 1 heterocycles. The third kappa shape index (κ3) is 4.99. The van der Waals surface area contributed by atoms with Gasteiger partial charge in [0.05, 0.1) is 0 Å². The van der Waals surface area contributed by atoms with E-state index in [1.807, 2.05) is 20.9 Å². The first kappa shape index (κ1) is 19.5. The van der Waals surface area contributed by atoms with Gasteiger partial charge in [0.25, 0.3) is 0 Å². The Bertz CT molecular complexity index is 392. The summed E-state index contributed by atoms with van der Waals surface area (Å²) in [5, 5.41) is 6.30. The molecule has 5 nitrogen and oxygen atoms in total. The Labute approximate surface area is 151 Å². The summed E-state index contributed by atoms with van der Waals surface area (Å²) >= 11 is 0. The molecule has 1 aliphatic heterocycles. The Balaban J connectivity index is 0.00000242. The maximum Gasteiger partial charge on any atom is 0.222 e. The van der Waals surface area contributed by atoms with Crippen molar-refractivity contribution in [2.24, 2.45) is 16.3 Å². The lowest BCUT2D eigenvalue weighted by molar-refractivity contribution is -0.123. The maximum absolute atomic E-state index is 11.5. The molecule has 1 aliphatic carbocycles. The molecule has 2 aliphatic rings. The standard InChI is InChI=1S/C16H30N4O.HI/c1-13(2)14(21)18-9-10-19-15(17-3)20-11-8-16(12-20)6-4-5-7-16;/h13H,4-12H2,1-3H3,(H,17,19)(H,18,21);1H. The summed E-state index contributed by atoms with van der Waals surface area (Å²) in [5.74, 6) is 1.14. The fourth-order valence-corrected chi connectivity index (χ4v) is 3.55. The van der Waals surface area contributed by atoms with Gasteiger partial charge >= 0.3 is 0 Å². The van der Waals surface area contributed by atoms with Gasteiger partial charge in [-0.05, 0) is 24.7 Å². The number of likely N-dealkylation sites (tertiary alicyclic amines) is 1. The number of nitrogens with zero attached hydrogens (tertiary/aromatic N) is 2. The van der Waals surface area contributed by atoms with Crippen LogP contribution in [0.2, 0.25) is 0 Å². The van der Waals surface area contributed by atoms with Crippen LogP contribution in [0.15, 0.2) is 4.99 Å². The van der Waals surface area contributed by atoms with Crippen molar-refractivity contribution in [2.45, 2.75) is 46.0 Å². The Morgan fingerprint density at radius 1 is 1.18 bits per heavy atom. The predicted octanol–water partition coefficient (Wildman–Crippen LogP) is 2.22. The zero-order valence-corrected chi connectivity index (χ0v) is 16.5. The predicted molar refractivity (Wildman–Crippen MR) is 102 cm³/mol. The average Bonchev–Trinajstić information content (AvgIpc) is 3.09. The number of hydrogen-bond donors (Lipinski definition) is 2. The van der Waals surface area contributed by atoms with Crippen LogP contribution in [-0.2, 0) is 4.79 Å². The molecule has 0 atom stereocenters. The molecule has 1 amide bonds. The third-order valence-corrected chi connectivity index (χ3v) is 4.85. The third-order valence-electron chi connectivity index (χ3n) is 4.85. The molecule has 0 aromatic rings. The van der Waals surface area contributed by atoms with E-state index < -0.39 is 0 Å². The van der Waals surface area contributed by atoms with E-state index in [-0.39, 0.29) is 35.8 Å². The van der Waals surface area contributed by atoms with Crippen LogP contribution >= 0.6 is 24.0 Å². The number of guanidine groups is 1. The highest BCUT2D eigenvalue weighted by Gasteiger charge is 2.40. The van der Waals surface area contributed by atoms with Gasteiger partial charge in [-0.15, -0.1) is 24.0 Å². The van der Waals surface area contributed by atoms with Crippen LogP contribution in [0.1, 0.15) is 46.0 Å². The number of carbonyl (C=O) groups excluding carboxylic acids is 1. The van der Waals surface area contributed by atoms with Crippen molar-refractivity contribution in [2.75, 3.05) is 33.2 Å². The van der Waals surface area contributed by atoms with Crippen LogP contribution in [-0.4, -0.2) is 50.0 Å². The maximum atomic E-state index is 11.5. The lowest BCUT2D eigenvalue weighted by Gasteiger charge is -2.26. The summed E-state index contributed by atoms with van der Waals surface area (Å²) < 4.78 is 0. The summed E-state index contributed by atoms with van der Waals surface area (Å²) in [4.78, 5) is 18.3. The van der Waals surface area contributed by atoms with Gasteiger partial charge in [-0.25, -0.2) is 0 Å². The number of nitrogens with one attached hydrogen (secondary N) is 2. The Hall–Kier alpha value is -0.530. The number of aliphatic imine (C=N–C) groups is 1. The highest BCUT2D eigenvalue weighted by molar-refractivity contribution is 14.0. The normalized spacial score (nSPS) is 20.4. The number of halogens is 1. The van der Waals surface area contributed by atoms with E-state index >= 15 is 0 Å². The molecular weight excluding hydrogens is 391 g/mol. The SMILES string of the molecule is CN=C(NCCNC(=O)C(C)C)N1CCC2(CCCC2)C1.I. The minimum Gasteiger partial charge on any atom is -0.354 e.